The second-order valence-electron chi connectivity index (χ2n) is 5.49. The van der Waals surface area contributed by atoms with Gasteiger partial charge in [-0.3, -0.25) is 14.9 Å². The number of hydrogen-bond donors (Lipinski definition) is 0. The van der Waals surface area contributed by atoms with Gasteiger partial charge in [0, 0.05) is 47.8 Å². The van der Waals surface area contributed by atoms with Crippen LogP contribution in [-0.4, -0.2) is 24.5 Å². The fourth-order valence-corrected chi connectivity index (χ4v) is 3.74. The molecule has 0 aliphatic carbocycles. The van der Waals surface area contributed by atoms with E-state index in [1.807, 2.05) is 24.1 Å². The first-order chi connectivity index (χ1) is 12.0. The number of carbonyl (C=O) groups is 1. The van der Waals surface area contributed by atoms with Crippen molar-refractivity contribution in [2.24, 2.45) is 0 Å². The first-order valence-electron chi connectivity index (χ1n) is 7.38. The van der Waals surface area contributed by atoms with Gasteiger partial charge in [-0.25, -0.2) is 0 Å². The van der Waals surface area contributed by atoms with Gasteiger partial charge in [0.1, 0.15) is 0 Å². The summed E-state index contributed by atoms with van der Waals surface area (Å²) >= 11 is 1.44. The highest BCUT2D eigenvalue weighted by Crippen LogP contribution is 2.50. The van der Waals surface area contributed by atoms with Crippen LogP contribution in [0.4, 0.5) is 11.4 Å². The van der Waals surface area contributed by atoms with E-state index in [4.69, 9.17) is 9.47 Å². The Morgan fingerprint density at radius 3 is 2.80 bits per heavy atom. The molecule has 2 heterocycles. The zero-order valence-corrected chi connectivity index (χ0v) is 13.9. The SMILES string of the molecule is CN1/C(=C\C(=O)c2cccc([N+](=O)[O-])c2)Sc2cc3c(cc21)OCO3. The Morgan fingerprint density at radius 1 is 1.28 bits per heavy atom. The number of ketones is 1. The summed E-state index contributed by atoms with van der Waals surface area (Å²) in [5, 5.41) is 11.6. The largest absolute Gasteiger partial charge is 0.454 e. The van der Waals surface area contributed by atoms with Crippen LogP contribution in [0.5, 0.6) is 11.5 Å². The number of carbonyl (C=O) groups excluding carboxylic acids is 1. The number of hydrogen-bond acceptors (Lipinski definition) is 7. The Morgan fingerprint density at radius 2 is 2.04 bits per heavy atom. The maximum Gasteiger partial charge on any atom is 0.270 e. The van der Waals surface area contributed by atoms with Crippen molar-refractivity contribution in [1.82, 2.24) is 0 Å². The number of nitro benzene ring substituents is 1. The quantitative estimate of drug-likeness (QED) is 0.360. The molecule has 0 unspecified atom stereocenters. The van der Waals surface area contributed by atoms with E-state index in [9.17, 15) is 14.9 Å². The fourth-order valence-electron chi connectivity index (χ4n) is 2.65. The molecule has 0 N–H and O–H groups in total. The van der Waals surface area contributed by atoms with Crippen molar-refractivity contribution in [1.29, 1.82) is 0 Å². The molecule has 2 aliphatic heterocycles. The zero-order valence-electron chi connectivity index (χ0n) is 13.1. The predicted octanol–water partition coefficient (Wildman–Crippen LogP) is 3.59. The van der Waals surface area contributed by atoms with Gasteiger partial charge in [-0.2, -0.15) is 0 Å². The highest BCUT2D eigenvalue weighted by molar-refractivity contribution is 8.03. The number of nitro groups is 1. The summed E-state index contributed by atoms with van der Waals surface area (Å²) in [7, 11) is 1.85. The minimum absolute atomic E-state index is 0.106. The molecule has 0 saturated heterocycles. The molecule has 2 aromatic rings. The summed E-state index contributed by atoms with van der Waals surface area (Å²) in [5.74, 6) is 1.08. The summed E-state index contributed by atoms with van der Waals surface area (Å²) in [6, 6.07) is 9.47. The lowest BCUT2D eigenvalue weighted by Gasteiger charge is -2.13. The second kappa shape index (κ2) is 5.82. The van der Waals surface area contributed by atoms with Gasteiger partial charge in [0.05, 0.1) is 15.6 Å². The summed E-state index contributed by atoms with van der Waals surface area (Å²) in [6.45, 7) is 0.209. The molecule has 4 rings (SSSR count). The van der Waals surface area contributed by atoms with E-state index in [0.29, 0.717) is 11.5 Å². The number of thioether (sulfide) groups is 1. The molecule has 2 aliphatic rings. The van der Waals surface area contributed by atoms with Gasteiger partial charge in [-0.1, -0.05) is 23.9 Å². The van der Waals surface area contributed by atoms with E-state index in [0.717, 1.165) is 15.6 Å². The van der Waals surface area contributed by atoms with Gasteiger partial charge in [0.15, 0.2) is 17.3 Å². The average molecular weight is 356 g/mol. The number of fused-ring (bicyclic) bond motifs is 2. The second-order valence-corrected chi connectivity index (χ2v) is 6.55. The van der Waals surface area contributed by atoms with Gasteiger partial charge >= 0.3 is 0 Å². The van der Waals surface area contributed by atoms with E-state index in [1.165, 1.54) is 36.0 Å². The average Bonchev–Trinajstić information content (AvgIpc) is 3.18. The molecule has 0 amide bonds. The number of benzene rings is 2. The highest BCUT2D eigenvalue weighted by Gasteiger charge is 2.27. The third-order valence-corrected chi connectivity index (χ3v) is 5.10. The van der Waals surface area contributed by atoms with Crippen molar-refractivity contribution in [2.45, 2.75) is 4.90 Å². The Bertz CT molecular complexity index is 941. The number of nitrogens with zero attached hydrogens (tertiary/aromatic N) is 2. The van der Waals surface area contributed by atoms with Crippen molar-refractivity contribution in [3.05, 3.63) is 63.2 Å². The smallest absolute Gasteiger partial charge is 0.270 e. The molecule has 126 valence electrons. The van der Waals surface area contributed by atoms with Crippen LogP contribution < -0.4 is 14.4 Å². The van der Waals surface area contributed by atoms with E-state index in [1.54, 1.807) is 6.07 Å². The topological polar surface area (TPSA) is 81.9 Å². The number of allylic oxidation sites excluding steroid dienone is 1. The molecule has 0 fully saturated rings. The Kier molecular flexibility index (Phi) is 3.61. The predicted molar refractivity (Wildman–Crippen MR) is 92.3 cm³/mol. The minimum Gasteiger partial charge on any atom is -0.454 e. The lowest BCUT2D eigenvalue weighted by atomic mass is 10.1. The van der Waals surface area contributed by atoms with E-state index >= 15 is 0 Å². The molecule has 0 atom stereocenters. The van der Waals surface area contributed by atoms with Crippen LogP contribution in [0.25, 0.3) is 0 Å². The Labute approximate surface area is 147 Å². The monoisotopic (exact) mass is 356 g/mol. The molecule has 2 aromatic carbocycles. The Balaban J connectivity index is 1.63. The van der Waals surface area contributed by atoms with Crippen LogP contribution in [0.15, 0.2) is 52.4 Å². The number of anilines is 1. The molecule has 0 saturated carbocycles. The third kappa shape index (κ3) is 2.70. The van der Waals surface area contributed by atoms with Crippen LogP contribution >= 0.6 is 11.8 Å². The fraction of sp³-hybridized carbons (Fsp3) is 0.118. The summed E-state index contributed by atoms with van der Waals surface area (Å²) in [6.07, 6.45) is 1.48. The normalized spacial score (nSPS) is 16.2. The number of non-ortho nitro benzene ring substituents is 1. The first-order valence-corrected chi connectivity index (χ1v) is 8.20. The molecular formula is C17H12N2O5S. The van der Waals surface area contributed by atoms with Crippen molar-refractivity contribution in [3.63, 3.8) is 0 Å². The Hall–Kier alpha value is -3.00. The lowest BCUT2D eigenvalue weighted by Crippen LogP contribution is -2.11. The van der Waals surface area contributed by atoms with Crippen LogP contribution in [0.3, 0.4) is 0 Å². The van der Waals surface area contributed by atoms with E-state index in [-0.39, 0.29) is 23.8 Å². The molecule has 0 bridgehead atoms. The van der Waals surface area contributed by atoms with Crippen LogP contribution in [0, 0.1) is 10.1 Å². The third-order valence-electron chi connectivity index (χ3n) is 3.96. The van der Waals surface area contributed by atoms with Gasteiger partial charge in [0.25, 0.3) is 5.69 Å². The molecule has 25 heavy (non-hydrogen) atoms. The van der Waals surface area contributed by atoms with Crippen molar-refractivity contribution < 1.29 is 19.2 Å². The number of ether oxygens (including phenoxy) is 2. The van der Waals surface area contributed by atoms with Gasteiger partial charge in [-0.05, 0) is 0 Å². The van der Waals surface area contributed by atoms with Crippen molar-refractivity contribution >= 4 is 28.9 Å². The van der Waals surface area contributed by atoms with E-state index in [2.05, 4.69) is 0 Å². The van der Waals surface area contributed by atoms with E-state index < -0.39 is 4.92 Å². The summed E-state index contributed by atoms with van der Waals surface area (Å²) in [5.41, 5.74) is 1.10. The molecule has 8 heteroatoms. The number of rotatable bonds is 3. The van der Waals surface area contributed by atoms with Gasteiger partial charge in [-0.15, -0.1) is 0 Å². The highest BCUT2D eigenvalue weighted by atomic mass is 32.2. The van der Waals surface area contributed by atoms with Crippen LogP contribution in [0.1, 0.15) is 10.4 Å². The van der Waals surface area contributed by atoms with Crippen molar-refractivity contribution in [3.8, 4) is 11.5 Å². The van der Waals surface area contributed by atoms with Gasteiger partial charge in [0.2, 0.25) is 6.79 Å². The van der Waals surface area contributed by atoms with Crippen molar-refractivity contribution in [2.75, 3.05) is 18.7 Å². The van der Waals surface area contributed by atoms with Crippen LogP contribution in [-0.2, 0) is 0 Å². The van der Waals surface area contributed by atoms with Crippen LogP contribution in [0.2, 0.25) is 0 Å². The minimum atomic E-state index is -0.516. The summed E-state index contributed by atoms with van der Waals surface area (Å²) < 4.78 is 10.8. The molecule has 0 radical (unpaired) electrons. The maximum atomic E-state index is 12.5. The molecule has 7 nitrogen and oxygen atoms in total. The first kappa shape index (κ1) is 15.5. The van der Waals surface area contributed by atoms with Gasteiger partial charge < -0.3 is 14.4 Å². The standard InChI is InChI=1S/C17H12N2O5S/c1-18-12-6-14-15(24-9-23-14)8-16(12)25-17(18)7-13(20)10-3-2-4-11(5-10)19(21)22/h2-8H,9H2,1H3/b17-7+. The zero-order chi connectivity index (χ0) is 17.6. The summed E-state index contributed by atoms with van der Waals surface area (Å²) in [4.78, 5) is 25.7. The molecule has 0 aromatic heterocycles. The lowest BCUT2D eigenvalue weighted by molar-refractivity contribution is -0.384. The molecule has 0 spiro atoms. The molecular weight excluding hydrogens is 344 g/mol. The maximum absolute atomic E-state index is 12.5.